The predicted octanol–water partition coefficient (Wildman–Crippen LogP) is 2.89. The molecule has 0 aromatic heterocycles. The van der Waals surface area contributed by atoms with Crippen LogP contribution in [-0.4, -0.2) is 17.2 Å². The fourth-order valence-corrected chi connectivity index (χ4v) is 1.28. The Labute approximate surface area is 93.6 Å². The molecule has 0 unspecified atom stereocenters. The lowest BCUT2D eigenvalue weighted by Gasteiger charge is -2.13. The van der Waals surface area contributed by atoms with Crippen LogP contribution in [0.25, 0.3) is 0 Å². The van der Waals surface area contributed by atoms with E-state index in [0.29, 0.717) is 17.2 Å². The van der Waals surface area contributed by atoms with E-state index in [9.17, 15) is 4.79 Å². The highest BCUT2D eigenvalue weighted by Crippen LogP contribution is 2.22. The molecule has 1 atom stereocenters. The molecule has 0 amide bonds. The van der Waals surface area contributed by atoms with Gasteiger partial charge in [-0.25, -0.2) is 4.79 Å². The van der Waals surface area contributed by atoms with E-state index < -0.39 is 12.1 Å². The first-order valence-corrected chi connectivity index (χ1v) is 5.08. The smallest absolute Gasteiger partial charge is 0.344 e. The Morgan fingerprint density at radius 2 is 2.27 bits per heavy atom. The van der Waals surface area contributed by atoms with Crippen LogP contribution in [0.5, 0.6) is 5.75 Å². The first-order valence-electron chi connectivity index (χ1n) is 4.70. The molecule has 15 heavy (non-hydrogen) atoms. The fourth-order valence-electron chi connectivity index (χ4n) is 1.16. The highest BCUT2D eigenvalue weighted by Gasteiger charge is 2.16. The van der Waals surface area contributed by atoms with Crippen molar-refractivity contribution in [1.29, 1.82) is 0 Å². The molecule has 0 aliphatic heterocycles. The number of carboxylic acid groups (broad SMARTS) is 1. The standard InChI is InChI=1S/C11H13ClO3/c1-3-10(11(13)14)15-8-4-5-9(12)7(2)6-8/h4-6,10H,3H2,1-2H3,(H,13,14)/t10-/m0/s1. The van der Waals surface area contributed by atoms with E-state index in [2.05, 4.69) is 0 Å². The fraction of sp³-hybridized carbons (Fsp3) is 0.364. The van der Waals surface area contributed by atoms with Crippen molar-refractivity contribution < 1.29 is 14.6 Å². The highest BCUT2D eigenvalue weighted by molar-refractivity contribution is 6.31. The number of rotatable bonds is 4. The number of hydrogen-bond donors (Lipinski definition) is 1. The molecule has 1 N–H and O–H groups in total. The zero-order chi connectivity index (χ0) is 11.4. The normalized spacial score (nSPS) is 12.2. The van der Waals surface area contributed by atoms with Gasteiger partial charge in [-0.1, -0.05) is 18.5 Å². The molecule has 1 aromatic rings. The number of hydrogen-bond acceptors (Lipinski definition) is 2. The lowest BCUT2D eigenvalue weighted by Crippen LogP contribution is -2.25. The van der Waals surface area contributed by atoms with E-state index >= 15 is 0 Å². The van der Waals surface area contributed by atoms with Crippen LogP contribution in [0.15, 0.2) is 18.2 Å². The molecule has 0 fully saturated rings. The number of carboxylic acids is 1. The number of ether oxygens (including phenoxy) is 1. The van der Waals surface area contributed by atoms with Gasteiger partial charge in [0.15, 0.2) is 6.10 Å². The minimum atomic E-state index is -0.954. The average Bonchev–Trinajstić information content (AvgIpc) is 2.19. The lowest BCUT2D eigenvalue weighted by atomic mass is 10.2. The summed E-state index contributed by atoms with van der Waals surface area (Å²) < 4.78 is 5.30. The van der Waals surface area contributed by atoms with Crippen LogP contribution in [0, 0.1) is 6.92 Å². The topological polar surface area (TPSA) is 46.5 Å². The monoisotopic (exact) mass is 228 g/mol. The van der Waals surface area contributed by atoms with Gasteiger partial charge in [0.2, 0.25) is 0 Å². The van der Waals surface area contributed by atoms with E-state index in [4.69, 9.17) is 21.4 Å². The van der Waals surface area contributed by atoms with Crippen molar-refractivity contribution in [2.45, 2.75) is 26.4 Å². The first kappa shape index (κ1) is 11.9. The van der Waals surface area contributed by atoms with Crippen molar-refractivity contribution in [3.8, 4) is 5.75 Å². The Bertz CT molecular complexity index is 363. The SMILES string of the molecule is CC[C@H](Oc1ccc(Cl)c(C)c1)C(=O)O. The van der Waals surface area contributed by atoms with Crippen LogP contribution in [0.4, 0.5) is 0 Å². The molecule has 82 valence electrons. The van der Waals surface area contributed by atoms with Crippen LogP contribution in [0.2, 0.25) is 5.02 Å². The maximum Gasteiger partial charge on any atom is 0.344 e. The summed E-state index contributed by atoms with van der Waals surface area (Å²) in [7, 11) is 0. The molecule has 0 radical (unpaired) electrons. The molecule has 3 nitrogen and oxygen atoms in total. The summed E-state index contributed by atoms with van der Waals surface area (Å²) in [5, 5.41) is 9.45. The van der Waals surface area contributed by atoms with Gasteiger partial charge in [-0.3, -0.25) is 0 Å². The summed E-state index contributed by atoms with van der Waals surface area (Å²) >= 11 is 5.84. The molecule has 0 aliphatic rings. The maximum absolute atomic E-state index is 10.7. The van der Waals surface area contributed by atoms with E-state index in [1.54, 1.807) is 25.1 Å². The van der Waals surface area contributed by atoms with E-state index in [1.165, 1.54) is 0 Å². The first-order chi connectivity index (χ1) is 7.04. The van der Waals surface area contributed by atoms with Crippen LogP contribution in [0.1, 0.15) is 18.9 Å². The van der Waals surface area contributed by atoms with Gasteiger partial charge in [-0.05, 0) is 37.1 Å². The van der Waals surface area contributed by atoms with Gasteiger partial charge in [-0.15, -0.1) is 0 Å². The molecule has 0 saturated heterocycles. The number of aliphatic carboxylic acids is 1. The molecule has 1 rings (SSSR count). The Morgan fingerprint density at radius 1 is 1.60 bits per heavy atom. The van der Waals surface area contributed by atoms with E-state index in [0.717, 1.165) is 5.56 Å². The van der Waals surface area contributed by atoms with Gasteiger partial charge in [0.1, 0.15) is 5.75 Å². The van der Waals surface area contributed by atoms with Crippen molar-refractivity contribution in [2.24, 2.45) is 0 Å². The van der Waals surface area contributed by atoms with Crippen LogP contribution in [-0.2, 0) is 4.79 Å². The van der Waals surface area contributed by atoms with Crippen molar-refractivity contribution in [3.05, 3.63) is 28.8 Å². The summed E-state index contributed by atoms with van der Waals surface area (Å²) in [4.78, 5) is 10.7. The molecule has 0 saturated carbocycles. The van der Waals surface area contributed by atoms with Crippen molar-refractivity contribution in [3.63, 3.8) is 0 Å². The summed E-state index contributed by atoms with van der Waals surface area (Å²) in [6.07, 6.45) is -0.373. The van der Waals surface area contributed by atoms with Crippen molar-refractivity contribution in [1.82, 2.24) is 0 Å². The predicted molar refractivity (Wildman–Crippen MR) is 58.5 cm³/mol. The molecule has 0 heterocycles. The quantitative estimate of drug-likeness (QED) is 0.862. The Hall–Kier alpha value is -1.22. The third-order valence-electron chi connectivity index (χ3n) is 2.05. The molecule has 0 aliphatic carbocycles. The third-order valence-corrected chi connectivity index (χ3v) is 2.48. The minimum Gasteiger partial charge on any atom is -0.479 e. The number of carbonyl (C=O) groups is 1. The summed E-state index contributed by atoms with van der Waals surface area (Å²) in [6.45, 7) is 3.61. The van der Waals surface area contributed by atoms with Gasteiger partial charge in [0.25, 0.3) is 0 Å². The molecule has 0 bridgehead atoms. The van der Waals surface area contributed by atoms with E-state index in [1.807, 2.05) is 6.92 Å². The average molecular weight is 229 g/mol. The maximum atomic E-state index is 10.7. The second-order valence-corrected chi connectivity index (χ2v) is 3.67. The highest BCUT2D eigenvalue weighted by atomic mass is 35.5. The Kier molecular flexibility index (Phi) is 3.97. The van der Waals surface area contributed by atoms with Crippen LogP contribution in [0.3, 0.4) is 0 Å². The molecule has 4 heteroatoms. The molecule has 0 spiro atoms. The summed E-state index contributed by atoms with van der Waals surface area (Å²) in [6, 6.07) is 5.09. The van der Waals surface area contributed by atoms with E-state index in [-0.39, 0.29) is 0 Å². The lowest BCUT2D eigenvalue weighted by molar-refractivity contribution is -0.145. The Morgan fingerprint density at radius 3 is 2.73 bits per heavy atom. The number of halogens is 1. The largest absolute Gasteiger partial charge is 0.479 e. The zero-order valence-electron chi connectivity index (χ0n) is 8.66. The van der Waals surface area contributed by atoms with Crippen LogP contribution < -0.4 is 4.74 Å². The van der Waals surface area contributed by atoms with Gasteiger partial charge in [0, 0.05) is 5.02 Å². The van der Waals surface area contributed by atoms with Gasteiger partial charge in [-0.2, -0.15) is 0 Å². The third kappa shape index (κ3) is 3.13. The Balaban J connectivity index is 2.80. The van der Waals surface area contributed by atoms with Gasteiger partial charge >= 0.3 is 5.97 Å². The second-order valence-electron chi connectivity index (χ2n) is 3.26. The summed E-state index contributed by atoms with van der Waals surface area (Å²) in [5.74, 6) is -0.420. The molecule has 1 aromatic carbocycles. The van der Waals surface area contributed by atoms with Crippen molar-refractivity contribution >= 4 is 17.6 Å². The van der Waals surface area contributed by atoms with Gasteiger partial charge < -0.3 is 9.84 Å². The molecular formula is C11H13ClO3. The van der Waals surface area contributed by atoms with Crippen LogP contribution >= 0.6 is 11.6 Å². The number of benzene rings is 1. The van der Waals surface area contributed by atoms with Crippen molar-refractivity contribution in [2.75, 3.05) is 0 Å². The number of aryl methyl sites for hydroxylation is 1. The molecular weight excluding hydrogens is 216 g/mol. The van der Waals surface area contributed by atoms with Gasteiger partial charge in [0.05, 0.1) is 0 Å². The summed E-state index contributed by atoms with van der Waals surface area (Å²) in [5.41, 5.74) is 0.870. The second kappa shape index (κ2) is 5.03. The minimum absolute atomic E-state index is 0.428. The zero-order valence-corrected chi connectivity index (χ0v) is 9.41.